The lowest BCUT2D eigenvalue weighted by Crippen LogP contribution is -2.40. The van der Waals surface area contributed by atoms with Crippen molar-refractivity contribution < 1.29 is 14.6 Å². The van der Waals surface area contributed by atoms with Gasteiger partial charge in [0.1, 0.15) is 5.82 Å². The van der Waals surface area contributed by atoms with Crippen LogP contribution in [-0.4, -0.2) is 75.2 Å². The lowest BCUT2D eigenvalue weighted by molar-refractivity contribution is 0.120. The molecule has 1 aromatic carbocycles. The first kappa shape index (κ1) is 19.6. The van der Waals surface area contributed by atoms with Crippen LogP contribution in [0.4, 0.5) is 16.3 Å². The second kappa shape index (κ2) is 8.03. The molecule has 10 nitrogen and oxygen atoms in total. The van der Waals surface area contributed by atoms with Crippen molar-refractivity contribution >= 4 is 28.6 Å². The van der Waals surface area contributed by atoms with E-state index in [4.69, 9.17) is 20.4 Å². The second-order valence-corrected chi connectivity index (χ2v) is 7.94. The van der Waals surface area contributed by atoms with Crippen LogP contribution in [0.1, 0.15) is 18.9 Å². The Morgan fingerprint density at radius 3 is 2.65 bits per heavy atom. The molecule has 1 amide bonds. The Labute approximate surface area is 179 Å². The number of carboxylic acid groups (broad SMARTS) is 1. The third kappa shape index (κ3) is 3.74. The van der Waals surface area contributed by atoms with E-state index >= 15 is 0 Å². The van der Waals surface area contributed by atoms with Crippen molar-refractivity contribution in [3.05, 3.63) is 30.5 Å². The molecular weight excluding hydrogens is 398 g/mol. The van der Waals surface area contributed by atoms with E-state index in [0.29, 0.717) is 37.8 Å². The summed E-state index contributed by atoms with van der Waals surface area (Å²) in [5.74, 6) is 1.43. The van der Waals surface area contributed by atoms with Gasteiger partial charge in [0.25, 0.3) is 0 Å². The Bertz CT molecular complexity index is 1090. The van der Waals surface area contributed by atoms with Crippen molar-refractivity contribution in [3.63, 3.8) is 0 Å². The monoisotopic (exact) mass is 423 g/mol. The third-order valence-corrected chi connectivity index (χ3v) is 5.93. The third-order valence-electron chi connectivity index (χ3n) is 5.93. The number of anilines is 2. The molecule has 1 atom stereocenters. The number of carbonyl (C=O) groups is 1. The van der Waals surface area contributed by atoms with Gasteiger partial charge < -0.3 is 25.4 Å². The first-order chi connectivity index (χ1) is 15.1. The molecule has 2 aliphatic rings. The van der Waals surface area contributed by atoms with Crippen LogP contribution in [0.25, 0.3) is 22.4 Å². The van der Waals surface area contributed by atoms with Gasteiger partial charge in [-0.3, -0.25) is 0 Å². The molecule has 4 heterocycles. The number of ether oxygens (including phenoxy) is 1. The Balaban J connectivity index is 1.62. The van der Waals surface area contributed by atoms with Crippen molar-refractivity contribution in [1.29, 1.82) is 0 Å². The van der Waals surface area contributed by atoms with Crippen molar-refractivity contribution in [3.8, 4) is 11.4 Å². The van der Waals surface area contributed by atoms with Crippen molar-refractivity contribution in [1.82, 2.24) is 24.6 Å². The van der Waals surface area contributed by atoms with Crippen LogP contribution >= 0.6 is 0 Å². The predicted octanol–water partition coefficient (Wildman–Crippen LogP) is 2.23. The van der Waals surface area contributed by atoms with Gasteiger partial charge >= 0.3 is 6.09 Å². The molecule has 0 saturated carbocycles. The Morgan fingerprint density at radius 2 is 1.90 bits per heavy atom. The molecule has 31 heavy (non-hydrogen) atoms. The fourth-order valence-corrected chi connectivity index (χ4v) is 4.28. The van der Waals surface area contributed by atoms with Crippen LogP contribution in [-0.2, 0) is 4.74 Å². The number of hydrogen-bond acceptors (Lipinski definition) is 7. The molecule has 2 fully saturated rings. The van der Waals surface area contributed by atoms with Crippen LogP contribution in [0.3, 0.4) is 0 Å². The van der Waals surface area contributed by atoms with E-state index < -0.39 is 6.09 Å². The Hall–Kier alpha value is -3.40. The normalized spacial score (nSPS) is 19.7. The largest absolute Gasteiger partial charge is 0.465 e. The first-order valence-electron chi connectivity index (χ1n) is 10.5. The minimum atomic E-state index is -0.896. The summed E-state index contributed by atoms with van der Waals surface area (Å²) < 4.78 is 7.39. The number of morpholine rings is 1. The topological polar surface area (TPSA) is 123 Å². The number of piperidine rings is 1. The molecule has 2 aliphatic heterocycles. The Morgan fingerprint density at radius 1 is 1.13 bits per heavy atom. The summed E-state index contributed by atoms with van der Waals surface area (Å²) in [7, 11) is 0. The van der Waals surface area contributed by atoms with Crippen molar-refractivity contribution in [2.24, 2.45) is 0 Å². The zero-order valence-electron chi connectivity index (χ0n) is 17.1. The highest BCUT2D eigenvalue weighted by Crippen LogP contribution is 2.31. The fraction of sp³-hybridized carbons (Fsp3) is 0.429. The van der Waals surface area contributed by atoms with Gasteiger partial charge in [-0.2, -0.15) is 5.10 Å². The van der Waals surface area contributed by atoms with Crippen LogP contribution < -0.4 is 10.6 Å². The van der Waals surface area contributed by atoms with Gasteiger partial charge in [0.05, 0.1) is 30.8 Å². The van der Waals surface area contributed by atoms with Crippen LogP contribution in [0.5, 0.6) is 0 Å². The van der Waals surface area contributed by atoms with Crippen molar-refractivity contribution in [2.75, 3.05) is 50.0 Å². The van der Waals surface area contributed by atoms with E-state index in [1.165, 1.54) is 4.90 Å². The van der Waals surface area contributed by atoms with Crippen molar-refractivity contribution in [2.45, 2.75) is 18.9 Å². The number of rotatable bonds is 3. The Kier molecular flexibility index (Phi) is 5.06. The summed E-state index contributed by atoms with van der Waals surface area (Å²) in [4.78, 5) is 24.9. The van der Waals surface area contributed by atoms with E-state index in [1.807, 2.05) is 28.9 Å². The maximum atomic E-state index is 11.5. The van der Waals surface area contributed by atoms with E-state index in [2.05, 4.69) is 10.00 Å². The van der Waals surface area contributed by atoms with Crippen LogP contribution in [0.2, 0.25) is 0 Å². The zero-order valence-corrected chi connectivity index (χ0v) is 17.1. The summed E-state index contributed by atoms with van der Waals surface area (Å²) in [6, 6.07) is 7.43. The van der Waals surface area contributed by atoms with Gasteiger partial charge in [0.2, 0.25) is 0 Å². The minimum absolute atomic E-state index is 0.0611. The molecule has 0 bridgehead atoms. The molecule has 2 aromatic heterocycles. The van der Waals surface area contributed by atoms with E-state index in [0.717, 1.165) is 48.3 Å². The number of nitrogens with zero attached hydrogens (tertiary/aromatic N) is 6. The summed E-state index contributed by atoms with van der Waals surface area (Å²) in [6.07, 6.45) is 2.55. The smallest absolute Gasteiger partial charge is 0.407 e. The number of nitrogen functional groups attached to an aromatic ring is 1. The average Bonchev–Trinajstić information content (AvgIpc) is 3.24. The van der Waals surface area contributed by atoms with E-state index in [1.54, 1.807) is 6.20 Å². The maximum absolute atomic E-state index is 11.5. The number of benzene rings is 1. The molecule has 0 aliphatic carbocycles. The fourth-order valence-electron chi connectivity index (χ4n) is 4.28. The molecular formula is C21H25N7O3. The number of fused-ring (bicyclic) bond motifs is 1. The first-order valence-corrected chi connectivity index (χ1v) is 10.5. The summed E-state index contributed by atoms with van der Waals surface area (Å²) in [6.45, 7) is 3.74. The SMILES string of the molecule is Nc1ccc(-c2nc(N3CCOCC3)c3cnn([C@@H]4CCCN(C(=O)O)C4)c3n2)cc1. The molecule has 0 unspecified atom stereocenters. The van der Waals surface area contributed by atoms with Gasteiger partial charge in [-0.05, 0) is 37.1 Å². The molecule has 0 spiro atoms. The second-order valence-electron chi connectivity index (χ2n) is 7.94. The summed E-state index contributed by atoms with van der Waals surface area (Å²) in [5, 5.41) is 14.9. The average molecular weight is 423 g/mol. The van der Waals surface area contributed by atoms with Gasteiger partial charge in [-0.1, -0.05) is 0 Å². The lowest BCUT2D eigenvalue weighted by atomic mass is 10.1. The summed E-state index contributed by atoms with van der Waals surface area (Å²) in [5.41, 5.74) is 8.13. The van der Waals surface area contributed by atoms with Gasteiger partial charge in [0, 0.05) is 37.4 Å². The number of nitrogens with two attached hydrogens (primary N) is 1. The highest BCUT2D eigenvalue weighted by Gasteiger charge is 2.28. The van der Waals surface area contributed by atoms with Gasteiger partial charge in [0.15, 0.2) is 11.5 Å². The number of hydrogen-bond donors (Lipinski definition) is 2. The number of aromatic nitrogens is 4. The predicted molar refractivity (Wildman–Crippen MR) is 116 cm³/mol. The highest BCUT2D eigenvalue weighted by atomic mass is 16.5. The molecule has 162 valence electrons. The van der Waals surface area contributed by atoms with E-state index in [-0.39, 0.29) is 6.04 Å². The molecule has 10 heteroatoms. The standard InChI is InChI=1S/C21H25N7O3/c22-15-5-3-14(4-6-15)18-24-19(26-8-10-31-11-9-26)17-12-23-28(20(17)25-18)16-2-1-7-27(13-16)21(29)30/h3-6,12,16H,1-2,7-11,13,22H2,(H,29,30)/t16-/m1/s1. The maximum Gasteiger partial charge on any atom is 0.407 e. The molecule has 2 saturated heterocycles. The molecule has 3 aromatic rings. The number of amides is 1. The quantitative estimate of drug-likeness (QED) is 0.615. The minimum Gasteiger partial charge on any atom is -0.465 e. The number of likely N-dealkylation sites (tertiary alicyclic amines) is 1. The zero-order chi connectivity index (χ0) is 21.4. The lowest BCUT2D eigenvalue weighted by Gasteiger charge is -2.31. The summed E-state index contributed by atoms with van der Waals surface area (Å²) >= 11 is 0. The molecule has 0 radical (unpaired) electrons. The molecule has 5 rings (SSSR count). The van der Waals surface area contributed by atoms with Gasteiger partial charge in [-0.25, -0.2) is 19.4 Å². The van der Waals surface area contributed by atoms with Crippen LogP contribution in [0.15, 0.2) is 30.5 Å². The van der Waals surface area contributed by atoms with Gasteiger partial charge in [-0.15, -0.1) is 0 Å². The van der Waals surface area contributed by atoms with Crippen LogP contribution in [0, 0.1) is 0 Å². The van der Waals surface area contributed by atoms with E-state index in [9.17, 15) is 9.90 Å². The highest BCUT2D eigenvalue weighted by molar-refractivity contribution is 5.89. The molecule has 3 N–H and O–H groups in total.